The molecule has 1 fully saturated rings. The van der Waals surface area contributed by atoms with Crippen molar-refractivity contribution in [3.05, 3.63) is 57.8 Å². The summed E-state index contributed by atoms with van der Waals surface area (Å²) in [6, 6.07) is 11.6. The van der Waals surface area contributed by atoms with Crippen LogP contribution in [-0.4, -0.2) is 42.4 Å². The Morgan fingerprint density at radius 3 is 2.47 bits per heavy atom. The van der Waals surface area contributed by atoms with E-state index in [1.165, 1.54) is 16.9 Å². The average Bonchev–Trinajstić information content (AvgIpc) is 3.32. The molecule has 0 saturated carbocycles. The van der Waals surface area contributed by atoms with E-state index >= 15 is 0 Å². The molecule has 1 aliphatic heterocycles. The van der Waals surface area contributed by atoms with Gasteiger partial charge in [-0.05, 0) is 48.8 Å². The van der Waals surface area contributed by atoms with Crippen molar-refractivity contribution in [3.63, 3.8) is 0 Å². The molecule has 0 bridgehead atoms. The summed E-state index contributed by atoms with van der Waals surface area (Å²) in [6.07, 6.45) is 2.08. The van der Waals surface area contributed by atoms with E-state index in [1.807, 2.05) is 48.7 Å². The van der Waals surface area contributed by atoms with E-state index in [4.69, 9.17) is 4.74 Å². The molecule has 1 atom stereocenters. The molecule has 2 aromatic rings. The third kappa shape index (κ3) is 5.69. The number of thiophene rings is 1. The first kappa shape index (κ1) is 22.0. The lowest BCUT2D eigenvalue weighted by Crippen LogP contribution is -2.41. The first-order valence-corrected chi connectivity index (χ1v) is 11.2. The summed E-state index contributed by atoms with van der Waals surface area (Å²) in [4.78, 5) is 39.4. The number of benzene rings is 1. The van der Waals surface area contributed by atoms with Crippen LogP contribution < -0.4 is 5.32 Å². The zero-order valence-electron chi connectivity index (χ0n) is 17.4. The van der Waals surface area contributed by atoms with Gasteiger partial charge in [0, 0.05) is 13.1 Å². The summed E-state index contributed by atoms with van der Waals surface area (Å²) in [7, 11) is 0. The van der Waals surface area contributed by atoms with Gasteiger partial charge >= 0.3 is 5.97 Å². The molecule has 2 amide bonds. The highest BCUT2D eigenvalue weighted by molar-refractivity contribution is 7.12. The molecule has 1 unspecified atom stereocenters. The number of esters is 1. The van der Waals surface area contributed by atoms with Crippen LogP contribution in [0.4, 0.5) is 0 Å². The van der Waals surface area contributed by atoms with Crippen LogP contribution in [0, 0.1) is 5.92 Å². The Balaban J connectivity index is 1.39. The summed E-state index contributed by atoms with van der Waals surface area (Å²) < 4.78 is 5.23. The number of carbonyl (C=O) groups excluding carboxylic acids is 3. The number of likely N-dealkylation sites (tertiary alicyclic amines) is 1. The van der Waals surface area contributed by atoms with Gasteiger partial charge in [-0.25, -0.2) is 0 Å². The van der Waals surface area contributed by atoms with E-state index in [9.17, 15) is 14.4 Å². The number of rotatable bonds is 7. The van der Waals surface area contributed by atoms with Crippen molar-refractivity contribution in [3.8, 4) is 0 Å². The molecule has 1 saturated heterocycles. The number of hydrogen-bond acceptors (Lipinski definition) is 5. The van der Waals surface area contributed by atoms with E-state index in [2.05, 4.69) is 12.2 Å². The monoisotopic (exact) mass is 428 g/mol. The maximum absolute atomic E-state index is 12.4. The third-order valence-corrected chi connectivity index (χ3v) is 6.32. The molecule has 1 aromatic heterocycles. The van der Waals surface area contributed by atoms with Crippen LogP contribution in [0.3, 0.4) is 0 Å². The van der Waals surface area contributed by atoms with E-state index in [0.29, 0.717) is 30.8 Å². The van der Waals surface area contributed by atoms with E-state index in [-0.39, 0.29) is 36.4 Å². The normalized spacial score (nSPS) is 15.5. The Labute approximate surface area is 181 Å². The lowest BCUT2D eigenvalue weighted by molar-refractivity contribution is -0.154. The highest BCUT2D eigenvalue weighted by atomic mass is 32.1. The van der Waals surface area contributed by atoms with Crippen molar-refractivity contribution in [1.82, 2.24) is 10.2 Å². The van der Waals surface area contributed by atoms with Gasteiger partial charge < -0.3 is 15.0 Å². The molecular weight excluding hydrogens is 400 g/mol. The smallest absolute Gasteiger partial charge is 0.309 e. The van der Waals surface area contributed by atoms with Crippen molar-refractivity contribution in [2.24, 2.45) is 5.92 Å². The van der Waals surface area contributed by atoms with Crippen LogP contribution in [0.5, 0.6) is 0 Å². The van der Waals surface area contributed by atoms with Crippen LogP contribution in [0.1, 0.15) is 53.5 Å². The predicted molar refractivity (Wildman–Crippen MR) is 116 cm³/mol. The fraction of sp³-hybridized carbons (Fsp3) is 0.435. The fourth-order valence-corrected chi connectivity index (χ4v) is 4.23. The Kier molecular flexibility index (Phi) is 7.63. The second kappa shape index (κ2) is 10.4. The molecule has 0 spiro atoms. The molecule has 1 aromatic carbocycles. The maximum atomic E-state index is 12.4. The maximum Gasteiger partial charge on any atom is 0.309 e. The highest BCUT2D eigenvalue weighted by Gasteiger charge is 2.29. The van der Waals surface area contributed by atoms with Gasteiger partial charge in [0.15, 0.2) is 6.61 Å². The first-order chi connectivity index (χ1) is 14.5. The summed E-state index contributed by atoms with van der Waals surface area (Å²) in [6.45, 7) is 4.76. The summed E-state index contributed by atoms with van der Waals surface area (Å²) >= 11 is 1.42. The summed E-state index contributed by atoms with van der Waals surface area (Å²) in [5.41, 5.74) is 2.25. The number of ether oxygens (including phenoxy) is 1. The Bertz CT molecular complexity index is 856. The van der Waals surface area contributed by atoms with Gasteiger partial charge in [-0.3, -0.25) is 14.4 Å². The Hall–Kier alpha value is -2.67. The number of piperidine rings is 1. The van der Waals surface area contributed by atoms with E-state index in [0.717, 1.165) is 12.0 Å². The fourth-order valence-electron chi connectivity index (χ4n) is 3.54. The van der Waals surface area contributed by atoms with Gasteiger partial charge in [0.25, 0.3) is 11.8 Å². The molecule has 7 heteroatoms. The molecule has 2 heterocycles. The van der Waals surface area contributed by atoms with Gasteiger partial charge in [-0.2, -0.15) is 0 Å². The summed E-state index contributed by atoms with van der Waals surface area (Å²) in [5.74, 6) is -0.949. The first-order valence-electron chi connectivity index (χ1n) is 10.4. The van der Waals surface area contributed by atoms with Crippen LogP contribution in [0.2, 0.25) is 0 Å². The van der Waals surface area contributed by atoms with Gasteiger partial charge in [-0.15, -0.1) is 11.3 Å². The van der Waals surface area contributed by atoms with Gasteiger partial charge in [-0.1, -0.05) is 37.3 Å². The topological polar surface area (TPSA) is 75.7 Å². The predicted octanol–water partition coefficient (Wildman–Crippen LogP) is 3.58. The highest BCUT2D eigenvalue weighted by Crippen LogP contribution is 2.22. The van der Waals surface area contributed by atoms with Crippen molar-refractivity contribution >= 4 is 29.1 Å². The lowest BCUT2D eigenvalue weighted by Gasteiger charge is -2.30. The van der Waals surface area contributed by atoms with E-state index < -0.39 is 0 Å². The number of amides is 2. The van der Waals surface area contributed by atoms with Crippen LogP contribution in [0.15, 0.2) is 41.8 Å². The molecule has 160 valence electrons. The van der Waals surface area contributed by atoms with Gasteiger partial charge in [0.1, 0.15) is 0 Å². The Morgan fingerprint density at radius 2 is 1.87 bits per heavy atom. The minimum atomic E-state index is -0.367. The second-order valence-corrected chi connectivity index (χ2v) is 8.48. The molecule has 1 aliphatic rings. The van der Waals surface area contributed by atoms with Crippen LogP contribution in [0.25, 0.3) is 0 Å². The molecular formula is C23H28N2O4S. The van der Waals surface area contributed by atoms with Crippen molar-refractivity contribution < 1.29 is 19.1 Å². The van der Waals surface area contributed by atoms with Crippen molar-refractivity contribution in [1.29, 1.82) is 0 Å². The van der Waals surface area contributed by atoms with Crippen LogP contribution >= 0.6 is 11.3 Å². The van der Waals surface area contributed by atoms with Crippen LogP contribution in [-0.2, 0) is 20.7 Å². The van der Waals surface area contributed by atoms with Gasteiger partial charge in [0.2, 0.25) is 0 Å². The number of aryl methyl sites for hydroxylation is 1. The van der Waals surface area contributed by atoms with Crippen molar-refractivity contribution in [2.75, 3.05) is 19.7 Å². The quantitative estimate of drug-likeness (QED) is 0.684. The Morgan fingerprint density at radius 1 is 1.17 bits per heavy atom. The molecule has 3 rings (SSSR count). The molecule has 1 N–H and O–H groups in total. The number of nitrogens with one attached hydrogen (secondary N) is 1. The molecule has 30 heavy (non-hydrogen) atoms. The number of nitrogens with zero attached hydrogens (tertiary/aromatic N) is 1. The van der Waals surface area contributed by atoms with Crippen molar-refractivity contribution in [2.45, 2.75) is 39.2 Å². The zero-order chi connectivity index (χ0) is 21.5. The SMILES string of the molecule is CCc1ccc(C(C)NC(=O)COC(=O)C2CCN(C(=O)c3cccs3)CC2)cc1. The van der Waals surface area contributed by atoms with E-state index in [1.54, 1.807) is 4.90 Å². The standard InChI is InChI=1S/C23H28N2O4S/c1-3-17-6-8-18(9-7-17)16(2)24-21(26)15-29-23(28)19-10-12-25(13-11-19)22(27)20-5-4-14-30-20/h4-9,14,16,19H,3,10-13,15H2,1-2H3,(H,24,26). The molecule has 6 nitrogen and oxygen atoms in total. The summed E-state index contributed by atoms with van der Waals surface area (Å²) in [5, 5.41) is 4.74. The number of hydrogen-bond donors (Lipinski definition) is 1. The third-order valence-electron chi connectivity index (χ3n) is 5.46. The minimum Gasteiger partial charge on any atom is -0.455 e. The lowest BCUT2D eigenvalue weighted by atomic mass is 9.97. The molecule has 0 aliphatic carbocycles. The largest absolute Gasteiger partial charge is 0.455 e. The number of carbonyl (C=O) groups is 3. The zero-order valence-corrected chi connectivity index (χ0v) is 18.2. The minimum absolute atomic E-state index is 0.0113. The van der Waals surface area contributed by atoms with Gasteiger partial charge in [0.05, 0.1) is 16.8 Å². The second-order valence-electron chi connectivity index (χ2n) is 7.54. The molecule has 0 radical (unpaired) electrons. The average molecular weight is 429 g/mol.